The molecule has 12 heteroatoms. The number of benzene rings is 4. The van der Waals surface area contributed by atoms with Crippen molar-refractivity contribution in [3.8, 4) is 68.6 Å². The highest BCUT2D eigenvalue weighted by Gasteiger charge is 2.19. The van der Waals surface area contributed by atoms with E-state index in [1.54, 1.807) is 31.4 Å². The maximum atomic E-state index is 12.1. The Morgan fingerprint density at radius 1 is 0.578 bits per heavy atom. The van der Waals surface area contributed by atoms with Crippen LogP contribution in [-0.2, 0) is 0 Å². The van der Waals surface area contributed by atoms with E-state index in [1.807, 2.05) is 0 Å². The number of methoxy groups -OCH3 is 1. The van der Waals surface area contributed by atoms with Crippen molar-refractivity contribution in [1.82, 2.24) is 0 Å². The van der Waals surface area contributed by atoms with Gasteiger partial charge in [-0.1, -0.05) is 14.9 Å². The van der Waals surface area contributed by atoms with Crippen LogP contribution in [0.25, 0.3) is 44.6 Å². The molecule has 0 aliphatic rings. The van der Waals surface area contributed by atoms with Gasteiger partial charge in [0.2, 0.25) is 11.2 Å². The molecule has 6 aromatic rings. The van der Waals surface area contributed by atoms with Gasteiger partial charge in [-0.05, 0) is 42.5 Å². The third-order valence-electron chi connectivity index (χ3n) is 6.34. The molecule has 234 valence electrons. The molecule has 2 heterocycles. The lowest BCUT2D eigenvalue weighted by Crippen LogP contribution is -2.02. The first-order chi connectivity index (χ1) is 20.5. The van der Waals surface area contributed by atoms with Gasteiger partial charge >= 0.3 is 0 Å². The fraction of sp³-hybridized carbons (Fsp3) is 0.0909. The highest BCUT2D eigenvalue weighted by atomic mass is 16.5. The Balaban J connectivity index is 0.000000235. The van der Waals surface area contributed by atoms with E-state index in [2.05, 4.69) is 0 Å². The molecule has 0 spiro atoms. The third kappa shape index (κ3) is 6.39. The lowest BCUT2D eigenvalue weighted by molar-refractivity contribution is 0.403. The van der Waals surface area contributed by atoms with Crippen LogP contribution in [0.3, 0.4) is 0 Å². The number of phenols is 6. The zero-order chi connectivity index (χ0) is 31.0. The van der Waals surface area contributed by atoms with Crippen molar-refractivity contribution in [3.05, 3.63) is 93.2 Å². The van der Waals surface area contributed by atoms with Gasteiger partial charge in [-0.3, -0.25) is 9.59 Å². The zero-order valence-corrected chi connectivity index (χ0v) is 22.1. The topological polar surface area (TPSA) is 211 Å². The molecule has 45 heavy (non-hydrogen) atoms. The number of phenolic OH excluding ortho intramolecular Hbond substituents is 6. The fourth-order valence-corrected chi connectivity index (χ4v) is 4.29. The van der Waals surface area contributed by atoms with Gasteiger partial charge in [0, 0.05) is 41.5 Å². The largest absolute Gasteiger partial charge is 0.508 e. The second kappa shape index (κ2) is 12.9. The summed E-state index contributed by atoms with van der Waals surface area (Å²) in [5.41, 5.74) is -0.443. The Kier molecular flexibility index (Phi) is 9.53. The number of fused-ring (bicyclic) bond motifs is 2. The molecule has 4 aromatic carbocycles. The van der Waals surface area contributed by atoms with Crippen LogP contribution in [0.1, 0.15) is 14.9 Å². The van der Waals surface area contributed by atoms with E-state index in [4.69, 9.17) is 13.6 Å². The number of aromatic hydroxyl groups is 7. The molecule has 0 fully saturated rings. The number of rotatable bonds is 3. The van der Waals surface area contributed by atoms with E-state index in [9.17, 15) is 45.3 Å². The summed E-state index contributed by atoms with van der Waals surface area (Å²) >= 11 is 0. The van der Waals surface area contributed by atoms with Gasteiger partial charge in [-0.2, -0.15) is 0 Å². The van der Waals surface area contributed by atoms with E-state index in [0.29, 0.717) is 17.1 Å². The van der Waals surface area contributed by atoms with Gasteiger partial charge in [-0.25, -0.2) is 0 Å². The molecule has 0 aliphatic carbocycles. The molecular formula is C33H30O12. The van der Waals surface area contributed by atoms with Crippen LogP contribution in [0.15, 0.2) is 91.2 Å². The molecule has 2 aromatic heterocycles. The molecule has 7 N–H and O–H groups in total. The summed E-state index contributed by atoms with van der Waals surface area (Å²) in [5.74, 6) is -2.15. The minimum absolute atomic E-state index is 0. The maximum Gasteiger partial charge on any atom is 0.238 e. The molecular weight excluding hydrogens is 588 g/mol. The molecule has 0 bridgehead atoms. The second-order valence-electron chi connectivity index (χ2n) is 9.19. The fourth-order valence-electron chi connectivity index (χ4n) is 4.29. The lowest BCUT2D eigenvalue weighted by atomic mass is 10.1. The van der Waals surface area contributed by atoms with Crippen LogP contribution in [-0.4, -0.2) is 42.9 Å². The first kappa shape index (κ1) is 33.2. The SMILES string of the molecule is C.C.COc1ccc(-c2cc(=O)c3c(O)cc(O)cc3o2)cc1.O=c1c(O)c(-c2ccc(O)c(O)c2)oc2cc(O)cc(O)c12. The van der Waals surface area contributed by atoms with E-state index < -0.39 is 22.7 Å². The summed E-state index contributed by atoms with van der Waals surface area (Å²) in [6, 6.07) is 16.4. The van der Waals surface area contributed by atoms with Crippen molar-refractivity contribution < 1.29 is 49.3 Å². The van der Waals surface area contributed by atoms with Crippen LogP contribution >= 0.6 is 0 Å². The average molecular weight is 619 g/mol. The standard InChI is InChI=1S/C16H12O5.C15H10O7.2CH4/c1-20-11-4-2-9(3-5-11)14-8-13(19)16-12(18)6-10(17)7-15(16)21-14;16-7-4-10(19)12-11(5-7)22-15(14(21)13(12)20)6-1-2-8(17)9(18)3-6;;/h2-8,17-18H,1H3;1-5,16-19,21H;2*1H4. The Hall–Kier alpha value is -6.30. The van der Waals surface area contributed by atoms with Gasteiger partial charge in [0.15, 0.2) is 22.7 Å². The average Bonchev–Trinajstić information content (AvgIpc) is 2.96. The van der Waals surface area contributed by atoms with Crippen molar-refractivity contribution in [2.24, 2.45) is 0 Å². The summed E-state index contributed by atoms with van der Waals surface area (Å²) in [7, 11) is 1.57. The van der Waals surface area contributed by atoms with Crippen molar-refractivity contribution in [2.45, 2.75) is 14.9 Å². The van der Waals surface area contributed by atoms with E-state index in [1.165, 1.54) is 18.2 Å². The Labute approximate surface area is 255 Å². The van der Waals surface area contributed by atoms with Gasteiger partial charge in [0.1, 0.15) is 56.4 Å². The normalized spacial score (nSPS) is 10.3. The van der Waals surface area contributed by atoms with Crippen molar-refractivity contribution in [2.75, 3.05) is 7.11 Å². The number of hydrogen-bond acceptors (Lipinski definition) is 12. The van der Waals surface area contributed by atoms with E-state index in [-0.39, 0.29) is 76.5 Å². The lowest BCUT2D eigenvalue weighted by Gasteiger charge is -2.08. The van der Waals surface area contributed by atoms with Crippen molar-refractivity contribution in [1.29, 1.82) is 0 Å². The Bertz CT molecular complexity index is 2130. The summed E-state index contributed by atoms with van der Waals surface area (Å²) < 4.78 is 16.0. The van der Waals surface area contributed by atoms with Crippen LogP contribution in [0.4, 0.5) is 0 Å². The molecule has 0 amide bonds. The molecule has 0 radical (unpaired) electrons. The minimum Gasteiger partial charge on any atom is -0.508 e. The number of hydrogen-bond donors (Lipinski definition) is 7. The minimum atomic E-state index is -0.888. The van der Waals surface area contributed by atoms with Crippen LogP contribution in [0.5, 0.6) is 46.0 Å². The Morgan fingerprint density at radius 3 is 1.71 bits per heavy atom. The molecule has 6 rings (SSSR count). The van der Waals surface area contributed by atoms with Gasteiger partial charge in [0.25, 0.3) is 0 Å². The van der Waals surface area contributed by atoms with Crippen LogP contribution in [0.2, 0.25) is 0 Å². The third-order valence-corrected chi connectivity index (χ3v) is 6.34. The van der Waals surface area contributed by atoms with E-state index in [0.717, 1.165) is 30.3 Å². The zero-order valence-electron chi connectivity index (χ0n) is 22.1. The molecule has 0 saturated carbocycles. The molecule has 0 unspecified atom stereocenters. The van der Waals surface area contributed by atoms with Gasteiger partial charge < -0.3 is 49.3 Å². The molecule has 12 nitrogen and oxygen atoms in total. The summed E-state index contributed by atoms with van der Waals surface area (Å²) in [4.78, 5) is 24.2. The molecule has 0 aliphatic heterocycles. The monoisotopic (exact) mass is 618 g/mol. The predicted molar refractivity (Wildman–Crippen MR) is 168 cm³/mol. The summed E-state index contributed by atoms with van der Waals surface area (Å²) in [5, 5.41) is 66.9. The second-order valence-corrected chi connectivity index (χ2v) is 9.19. The number of ether oxygens (including phenoxy) is 1. The van der Waals surface area contributed by atoms with Gasteiger partial charge in [0.05, 0.1) is 7.11 Å². The van der Waals surface area contributed by atoms with E-state index >= 15 is 0 Å². The highest BCUT2D eigenvalue weighted by molar-refractivity contribution is 5.88. The van der Waals surface area contributed by atoms with Gasteiger partial charge in [-0.15, -0.1) is 0 Å². The van der Waals surface area contributed by atoms with Crippen LogP contribution in [0, 0.1) is 0 Å². The first-order valence-corrected chi connectivity index (χ1v) is 12.3. The summed E-state index contributed by atoms with van der Waals surface area (Å²) in [6.45, 7) is 0. The Morgan fingerprint density at radius 2 is 1.13 bits per heavy atom. The molecule has 0 atom stereocenters. The first-order valence-electron chi connectivity index (χ1n) is 12.3. The highest BCUT2D eigenvalue weighted by Crippen LogP contribution is 2.37. The maximum absolute atomic E-state index is 12.1. The van der Waals surface area contributed by atoms with Crippen molar-refractivity contribution >= 4 is 21.9 Å². The molecule has 0 saturated heterocycles. The van der Waals surface area contributed by atoms with Crippen molar-refractivity contribution in [3.63, 3.8) is 0 Å². The summed E-state index contributed by atoms with van der Waals surface area (Å²) in [6.07, 6.45) is 0. The van der Waals surface area contributed by atoms with Crippen LogP contribution < -0.4 is 15.6 Å². The quantitative estimate of drug-likeness (QED) is 0.111. The predicted octanol–water partition coefficient (Wildman–Crippen LogP) is 6.14. The smallest absolute Gasteiger partial charge is 0.238 e.